The Balaban J connectivity index is 1.33. The topological polar surface area (TPSA) is 145 Å². The number of nitrogens with zero attached hydrogens (tertiary/aromatic N) is 4. The van der Waals surface area contributed by atoms with Gasteiger partial charge in [-0.1, -0.05) is 0 Å². The number of hydrogen-bond donors (Lipinski definition) is 0. The zero-order chi connectivity index (χ0) is 29.3. The van der Waals surface area contributed by atoms with E-state index in [1.54, 1.807) is 31.3 Å². The Kier molecular flexibility index (Phi) is 7.78. The summed E-state index contributed by atoms with van der Waals surface area (Å²) in [6, 6.07) is 10.9. The number of piperazine rings is 1. The van der Waals surface area contributed by atoms with Gasteiger partial charge >= 0.3 is 5.88 Å². The summed E-state index contributed by atoms with van der Waals surface area (Å²) >= 11 is 0. The fourth-order valence-electron chi connectivity index (χ4n) is 5.14. The summed E-state index contributed by atoms with van der Waals surface area (Å²) in [5.41, 5.74) is 2.47. The number of furan rings is 1. The molecule has 1 saturated heterocycles. The Bertz CT molecular complexity index is 1580. The van der Waals surface area contributed by atoms with E-state index in [1.165, 1.54) is 23.5 Å². The van der Waals surface area contributed by atoms with Crippen molar-refractivity contribution in [1.82, 2.24) is 9.21 Å². The Morgan fingerprint density at radius 1 is 0.878 bits per heavy atom. The number of sulfonamides is 1. The highest BCUT2D eigenvalue weighted by molar-refractivity contribution is 7.89. The lowest BCUT2D eigenvalue weighted by atomic mass is 10.0. The number of amides is 1. The molecular weight excluding hydrogens is 556 g/mol. The second-order valence-electron chi connectivity index (χ2n) is 9.57. The van der Waals surface area contributed by atoms with E-state index in [4.69, 9.17) is 18.6 Å². The maximum Gasteiger partial charge on any atom is 0.433 e. The molecule has 2 aliphatic rings. The number of carbonyl (C=O) groups is 1. The van der Waals surface area contributed by atoms with Crippen molar-refractivity contribution < 1.29 is 36.8 Å². The van der Waals surface area contributed by atoms with Gasteiger partial charge in [0.25, 0.3) is 5.91 Å². The summed E-state index contributed by atoms with van der Waals surface area (Å²) < 4.78 is 50.4. The number of nitro groups is 1. The van der Waals surface area contributed by atoms with Crippen LogP contribution in [0.25, 0.3) is 0 Å². The predicted molar refractivity (Wildman–Crippen MR) is 147 cm³/mol. The molecule has 2 aromatic carbocycles. The fourth-order valence-corrected chi connectivity index (χ4v) is 6.58. The summed E-state index contributed by atoms with van der Waals surface area (Å²) in [5, 5.41) is 10.9. The minimum Gasteiger partial charge on any atom is -0.495 e. The van der Waals surface area contributed by atoms with Crippen molar-refractivity contribution in [3.63, 3.8) is 0 Å². The number of fused-ring (bicyclic) bond motifs is 1. The van der Waals surface area contributed by atoms with Gasteiger partial charge in [-0.3, -0.25) is 14.9 Å². The molecular formula is C27H30N4O9S. The molecule has 13 nitrogen and oxygen atoms in total. The molecule has 0 radical (unpaired) electrons. The van der Waals surface area contributed by atoms with E-state index in [9.17, 15) is 23.3 Å². The fraction of sp³-hybridized carbons (Fsp3) is 0.370. The summed E-state index contributed by atoms with van der Waals surface area (Å²) in [7, 11) is 0.776. The molecule has 41 heavy (non-hydrogen) atoms. The average molecular weight is 587 g/mol. The van der Waals surface area contributed by atoms with Gasteiger partial charge in [0.2, 0.25) is 10.0 Å². The van der Waals surface area contributed by atoms with Gasteiger partial charge in [0, 0.05) is 39.3 Å². The maximum absolute atomic E-state index is 13.8. The monoisotopic (exact) mass is 586 g/mol. The second kappa shape index (κ2) is 11.3. The van der Waals surface area contributed by atoms with Gasteiger partial charge in [-0.05, 0) is 53.9 Å². The molecule has 3 aromatic rings. The first-order chi connectivity index (χ1) is 19.7. The van der Waals surface area contributed by atoms with Crippen molar-refractivity contribution >= 4 is 27.5 Å². The van der Waals surface area contributed by atoms with E-state index in [-0.39, 0.29) is 17.2 Å². The van der Waals surface area contributed by atoms with Crippen molar-refractivity contribution in [1.29, 1.82) is 0 Å². The lowest BCUT2D eigenvalue weighted by molar-refractivity contribution is -0.402. The van der Waals surface area contributed by atoms with Crippen molar-refractivity contribution in [3.8, 4) is 17.2 Å². The summed E-state index contributed by atoms with van der Waals surface area (Å²) in [5.74, 6) is 0.613. The Morgan fingerprint density at radius 3 is 2.15 bits per heavy atom. The molecule has 0 saturated carbocycles. The Morgan fingerprint density at radius 2 is 1.54 bits per heavy atom. The lowest BCUT2D eigenvalue weighted by Crippen LogP contribution is -2.48. The lowest BCUT2D eigenvalue weighted by Gasteiger charge is -2.36. The molecule has 0 N–H and O–H groups in total. The molecule has 218 valence electrons. The van der Waals surface area contributed by atoms with Crippen LogP contribution >= 0.6 is 0 Å². The third kappa shape index (κ3) is 5.39. The minimum atomic E-state index is -3.84. The van der Waals surface area contributed by atoms with Gasteiger partial charge in [0.05, 0.1) is 38.0 Å². The first-order valence-corrected chi connectivity index (χ1v) is 14.3. The highest BCUT2D eigenvalue weighted by atomic mass is 32.2. The van der Waals surface area contributed by atoms with Gasteiger partial charge in [-0.15, -0.1) is 0 Å². The maximum atomic E-state index is 13.8. The Labute approximate surface area is 237 Å². The normalized spacial score (nSPS) is 15.8. The molecule has 1 fully saturated rings. The zero-order valence-electron chi connectivity index (χ0n) is 22.9. The minimum absolute atomic E-state index is 0.102. The van der Waals surface area contributed by atoms with Crippen LogP contribution in [0.4, 0.5) is 11.6 Å². The molecule has 0 unspecified atom stereocenters. The molecule has 1 aromatic heterocycles. The molecule has 0 bridgehead atoms. The van der Waals surface area contributed by atoms with Crippen LogP contribution < -0.4 is 19.1 Å². The van der Waals surface area contributed by atoms with Crippen LogP contribution in [0.3, 0.4) is 0 Å². The van der Waals surface area contributed by atoms with Crippen LogP contribution in [-0.2, 0) is 23.0 Å². The van der Waals surface area contributed by atoms with Crippen LogP contribution in [-0.4, -0.2) is 82.5 Å². The van der Waals surface area contributed by atoms with E-state index < -0.39 is 26.7 Å². The number of benzene rings is 2. The standard InChI is InChI=1S/C27H30N4O9S/c1-37-22-5-4-20(41(35,36)30-9-8-18-14-24(38-2)25(39-3)15-19(18)17-30)16-21(22)28-10-12-29(13-11-28)27(32)23-6-7-26(40-23)31(33)34/h4-7,14-16H,8-13,17H2,1-3H3. The summed E-state index contributed by atoms with van der Waals surface area (Å²) in [6.45, 7) is 1.92. The molecule has 14 heteroatoms. The van der Waals surface area contributed by atoms with Crippen molar-refractivity contribution in [3.05, 3.63) is 69.5 Å². The quantitative estimate of drug-likeness (QED) is 0.285. The van der Waals surface area contributed by atoms with Gasteiger partial charge < -0.3 is 28.4 Å². The SMILES string of the molecule is COc1cc2c(cc1OC)CN(S(=O)(=O)c1ccc(OC)c(N3CCN(C(=O)c4ccc([N+](=O)[O-])o4)CC3)c1)CC2. The predicted octanol–water partition coefficient (Wildman–Crippen LogP) is 2.92. The molecule has 3 heterocycles. The second-order valence-corrected chi connectivity index (χ2v) is 11.5. The van der Waals surface area contributed by atoms with E-state index >= 15 is 0 Å². The summed E-state index contributed by atoms with van der Waals surface area (Å²) in [6.07, 6.45) is 0.534. The smallest absolute Gasteiger partial charge is 0.433 e. The van der Waals surface area contributed by atoms with Gasteiger partial charge in [0.1, 0.15) is 10.7 Å². The highest BCUT2D eigenvalue weighted by Gasteiger charge is 2.32. The number of carbonyl (C=O) groups excluding carboxylic acids is 1. The van der Waals surface area contributed by atoms with Gasteiger partial charge in [-0.25, -0.2) is 8.42 Å². The number of rotatable bonds is 8. The van der Waals surface area contributed by atoms with Crippen LogP contribution in [0, 0.1) is 10.1 Å². The van der Waals surface area contributed by atoms with Gasteiger partial charge in [-0.2, -0.15) is 4.31 Å². The van der Waals surface area contributed by atoms with Crippen LogP contribution in [0.1, 0.15) is 21.7 Å². The molecule has 1 amide bonds. The first-order valence-electron chi connectivity index (χ1n) is 12.9. The largest absolute Gasteiger partial charge is 0.495 e. The van der Waals surface area contributed by atoms with Crippen LogP contribution in [0.15, 0.2) is 51.8 Å². The number of anilines is 1. The van der Waals surface area contributed by atoms with E-state index in [0.717, 1.165) is 17.2 Å². The Hall–Kier alpha value is -4.30. The highest BCUT2D eigenvalue weighted by Crippen LogP contribution is 2.37. The van der Waals surface area contributed by atoms with E-state index in [2.05, 4.69) is 0 Å². The molecule has 0 atom stereocenters. The number of hydrogen-bond acceptors (Lipinski definition) is 10. The first kappa shape index (κ1) is 28.2. The molecule has 2 aliphatic heterocycles. The molecule has 5 rings (SSSR count). The number of methoxy groups -OCH3 is 3. The molecule has 0 spiro atoms. The third-order valence-corrected chi connectivity index (χ3v) is 9.20. The third-order valence-electron chi connectivity index (χ3n) is 7.36. The zero-order valence-corrected chi connectivity index (χ0v) is 23.7. The van der Waals surface area contributed by atoms with Crippen molar-refractivity contribution in [2.24, 2.45) is 0 Å². The summed E-state index contributed by atoms with van der Waals surface area (Å²) in [4.78, 5) is 26.6. The number of ether oxygens (including phenoxy) is 3. The van der Waals surface area contributed by atoms with Crippen LogP contribution in [0.5, 0.6) is 17.2 Å². The van der Waals surface area contributed by atoms with E-state index in [1.807, 2.05) is 17.0 Å². The van der Waals surface area contributed by atoms with Crippen molar-refractivity contribution in [2.75, 3.05) is 59.0 Å². The average Bonchev–Trinajstić information content (AvgIpc) is 3.50. The van der Waals surface area contributed by atoms with Crippen molar-refractivity contribution in [2.45, 2.75) is 17.9 Å². The van der Waals surface area contributed by atoms with Gasteiger partial charge in [0.15, 0.2) is 17.3 Å². The molecule has 0 aliphatic carbocycles. The van der Waals surface area contributed by atoms with E-state index in [0.29, 0.717) is 62.1 Å². The van der Waals surface area contributed by atoms with Crippen LogP contribution in [0.2, 0.25) is 0 Å².